The number of benzene rings is 3. The first-order valence-electron chi connectivity index (χ1n) is 12.0. The average Bonchev–Trinajstić information content (AvgIpc) is 3.38. The summed E-state index contributed by atoms with van der Waals surface area (Å²) in [7, 11) is 3.21. The molecule has 3 aromatic carbocycles. The standard InChI is InChI=1S/C28H29N5O4S/c1-4-33-27(22-11-13-23(35-2)14-12-22)31-32-28(33)38-19-26(34)30-29-17-21-10-15-24(25(16-21)36-3)37-18-20-8-6-5-7-9-20/h5-17H,4,18-19H2,1-3H3,(H,30,34). The number of hydrazone groups is 1. The van der Waals surface area contributed by atoms with Crippen molar-refractivity contribution >= 4 is 23.9 Å². The van der Waals surface area contributed by atoms with Gasteiger partial charge in [-0.2, -0.15) is 5.10 Å². The van der Waals surface area contributed by atoms with E-state index in [-0.39, 0.29) is 11.7 Å². The second-order valence-corrected chi connectivity index (χ2v) is 8.99. The molecule has 9 nitrogen and oxygen atoms in total. The predicted octanol–water partition coefficient (Wildman–Crippen LogP) is 4.80. The van der Waals surface area contributed by atoms with Gasteiger partial charge >= 0.3 is 0 Å². The number of hydrogen-bond acceptors (Lipinski definition) is 8. The lowest BCUT2D eigenvalue weighted by Crippen LogP contribution is -2.20. The topological polar surface area (TPSA) is 99.9 Å². The van der Waals surface area contributed by atoms with Crippen molar-refractivity contribution in [1.29, 1.82) is 0 Å². The molecule has 196 valence electrons. The van der Waals surface area contributed by atoms with Crippen LogP contribution >= 0.6 is 11.8 Å². The van der Waals surface area contributed by atoms with Crippen LogP contribution in [0.4, 0.5) is 0 Å². The normalized spacial score (nSPS) is 10.9. The molecule has 0 aliphatic rings. The lowest BCUT2D eigenvalue weighted by atomic mass is 10.2. The van der Waals surface area contributed by atoms with E-state index in [2.05, 4.69) is 20.7 Å². The molecule has 0 atom stereocenters. The highest BCUT2D eigenvalue weighted by Gasteiger charge is 2.14. The predicted molar refractivity (Wildman–Crippen MR) is 148 cm³/mol. The average molecular weight is 532 g/mol. The van der Waals surface area contributed by atoms with Crippen molar-refractivity contribution in [3.63, 3.8) is 0 Å². The van der Waals surface area contributed by atoms with E-state index in [0.29, 0.717) is 29.8 Å². The third-order valence-electron chi connectivity index (χ3n) is 5.54. The van der Waals surface area contributed by atoms with Crippen molar-refractivity contribution in [3.05, 3.63) is 83.9 Å². The first-order valence-corrected chi connectivity index (χ1v) is 13.0. The first-order chi connectivity index (χ1) is 18.6. The minimum Gasteiger partial charge on any atom is -0.497 e. The molecule has 1 heterocycles. The zero-order chi connectivity index (χ0) is 26.7. The van der Waals surface area contributed by atoms with Crippen LogP contribution in [-0.2, 0) is 17.9 Å². The van der Waals surface area contributed by atoms with Gasteiger partial charge in [-0.15, -0.1) is 10.2 Å². The van der Waals surface area contributed by atoms with Crippen molar-refractivity contribution < 1.29 is 19.0 Å². The molecule has 0 radical (unpaired) electrons. The molecule has 1 aromatic heterocycles. The first kappa shape index (κ1) is 26.7. The molecule has 1 amide bonds. The highest BCUT2D eigenvalue weighted by atomic mass is 32.2. The maximum absolute atomic E-state index is 12.4. The molecule has 10 heteroatoms. The number of carbonyl (C=O) groups excluding carboxylic acids is 1. The number of amides is 1. The minimum atomic E-state index is -0.252. The minimum absolute atomic E-state index is 0.146. The Hall–Kier alpha value is -4.31. The van der Waals surface area contributed by atoms with Crippen molar-refractivity contribution in [3.8, 4) is 28.6 Å². The van der Waals surface area contributed by atoms with Crippen molar-refractivity contribution in [2.45, 2.75) is 25.2 Å². The molecule has 0 aliphatic heterocycles. The van der Waals surface area contributed by atoms with Crippen LogP contribution in [-0.4, -0.2) is 46.9 Å². The molecule has 0 saturated heterocycles. The summed E-state index contributed by atoms with van der Waals surface area (Å²) in [6.45, 7) is 3.12. The quantitative estimate of drug-likeness (QED) is 0.159. The third kappa shape index (κ3) is 6.92. The number of carbonyl (C=O) groups is 1. The van der Waals surface area contributed by atoms with Gasteiger partial charge in [0.15, 0.2) is 22.5 Å². The number of hydrogen-bond donors (Lipinski definition) is 1. The fourth-order valence-electron chi connectivity index (χ4n) is 3.59. The van der Waals surface area contributed by atoms with Crippen LogP contribution in [0.3, 0.4) is 0 Å². The highest BCUT2D eigenvalue weighted by molar-refractivity contribution is 7.99. The maximum atomic E-state index is 12.4. The van der Waals surface area contributed by atoms with Gasteiger partial charge in [0.1, 0.15) is 12.4 Å². The monoisotopic (exact) mass is 531 g/mol. The van der Waals surface area contributed by atoms with Crippen LogP contribution in [0.5, 0.6) is 17.2 Å². The third-order valence-corrected chi connectivity index (χ3v) is 6.51. The molecule has 0 spiro atoms. The Kier molecular flexibility index (Phi) is 9.36. The van der Waals surface area contributed by atoms with Crippen molar-refractivity contribution in [2.75, 3.05) is 20.0 Å². The number of ether oxygens (including phenoxy) is 3. The van der Waals surface area contributed by atoms with Gasteiger partial charge in [-0.1, -0.05) is 42.1 Å². The molecule has 38 heavy (non-hydrogen) atoms. The zero-order valence-corrected chi connectivity index (χ0v) is 22.3. The van der Waals surface area contributed by atoms with Crippen LogP contribution in [0.25, 0.3) is 11.4 Å². The van der Waals surface area contributed by atoms with Crippen LogP contribution in [0.1, 0.15) is 18.1 Å². The Morgan fingerprint density at radius 1 is 1.00 bits per heavy atom. The van der Waals surface area contributed by atoms with Gasteiger partial charge in [0, 0.05) is 12.1 Å². The lowest BCUT2D eigenvalue weighted by molar-refractivity contribution is -0.118. The SMILES string of the molecule is CCn1c(SCC(=O)NN=Cc2ccc(OCc3ccccc3)c(OC)c2)nnc1-c1ccc(OC)cc1. The van der Waals surface area contributed by atoms with E-state index in [1.807, 2.05) is 78.2 Å². The highest BCUT2D eigenvalue weighted by Crippen LogP contribution is 2.28. The summed E-state index contributed by atoms with van der Waals surface area (Å²) in [5, 5.41) is 13.3. The summed E-state index contributed by atoms with van der Waals surface area (Å²) in [5.41, 5.74) is 5.30. The summed E-state index contributed by atoms with van der Waals surface area (Å²) >= 11 is 1.30. The second-order valence-electron chi connectivity index (χ2n) is 8.05. The van der Waals surface area contributed by atoms with E-state index in [1.54, 1.807) is 26.5 Å². The summed E-state index contributed by atoms with van der Waals surface area (Å²) in [4.78, 5) is 12.4. The number of nitrogens with one attached hydrogen (secondary N) is 1. The number of thioether (sulfide) groups is 1. The Morgan fingerprint density at radius 2 is 1.79 bits per heavy atom. The van der Waals surface area contributed by atoms with E-state index >= 15 is 0 Å². The van der Waals surface area contributed by atoms with E-state index in [1.165, 1.54) is 11.8 Å². The molecule has 4 aromatic rings. The Labute approximate surface area is 225 Å². The molecule has 1 N–H and O–H groups in total. The summed E-state index contributed by atoms with van der Waals surface area (Å²) < 4.78 is 18.5. The van der Waals surface area contributed by atoms with Gasteiger partial charge in [0.2, 0.25) is 0 Å². The van der Waals surface area contributed by atoms with Gasteiger partial charge in [-0.3, -0.25) is 4.79 Å². The van der Waals surface area contributed by atoms with Crippen molar-refractivity contribution in [1.82, 2.24) is 20.2 Å². The van der Waals surface area contributed by atoms with Crippen molar-refractivity contribution in [2.24, 2.45) is 5.10 Å². The van der Waals surface area contributed by atoms with E-state index in [9.17, 15) is 4.79 Å². The van der Waals surface area contributed by atoms with Crippen LogP contribution < -0.4 is 19.6 Å². The van der Waals surface area contributed by atoms with Gasteiger partial charge in [-0.25, -0.2) is 5.43 Å². The van der Waals surface area contributed by atoms with Crippen LogP contribution in [0, 0.1) is 0 Å². The largest absolute Gasteiger partial charge is 0.497 e. The smallest absolute Gasteiger partial charge is 0.250 e. The number of nitrogens with zero attached hydrogens (tertiary/aromatic N) is 4. The van der Waals surface area contributed by atoms with E-state index < -0.39 is 0 Å². The summed E-state index contributed by atoms with van der Waals surface area (Å²) in [6.07, 6.45) is 1.56. The van der Waals surface area contributed by atoms with Crippen LogP contribution in [0.15, 0.2) is 83.1 Å². The molecule has 0 fully saturated rings. The van der Waals surface area contributed by atoms with Gasteiger partial charge in [0.25, 0.3) is 5.91 Å². The second kappa shape index (κ2) is 13.3. The molecular formula is C28H29N5O4S. The maximum Gasteiger partial charge on any atom is 0.250 e. The Balaban J connectivity index is 1.31. The number of aromatic nitrogens is 3. The number of rotatable bonds is 12. The fraction of sp³-hybridized carbons (Fsp3) is 0.214. The lowest BCUT2D eigenvalue weighted by Gasteiger charge is -2.11. The molecule has 0 saturated carbocycles. The fourth-order valence-corrected chi connectivity index (χ4v) is 4.39. The van der Waals surface area contributed by atoms with Gasteiger partial charge in [-0.05, 0) is 60.5 Å². The Bertz CT molecular complexity index is 1370. The van der Waals surface area contributed by atoms with Gasteiger partial charge < -0.3 is 18.8 Å². The molecular weight excluding hydrogens is 502 g/mol. The zero-order valence-electron chi connectivity index (χ0n) is 21.5. The van der Waals surface area contributed by atoms with E-state index in [0.717, 1.165) is 28.3 Å². The molecule has 4 rings (SSSR count). The summed E-state index contributed by atoms with van der Waals surface area (Å²) in [6, 6.07) is 23.0. The van der Waals surface area contributed by atoms with E-state index in [4.69, 9.17) is 14.2 Å². The molecule has 0 unspecified atom stereocenters. The molecule has 0 bridgehead atoms. The van der Waals surface area contributed by atoms with Crippen LogP contribution in [0.2, 0.25) is 0 Å². The van der Waals surface area contributed by atoms with Gasteiger partial charge in [0.05, 0.1) is 26.2 Å². The summed E-state index contributed by atoms with van der Waals surface area (Å²) in [5.74, 6) is 2.61. The Morgan fingerprint density at radius 3 is 2.50 bits per heavy atom. The molecule has 0 aliphatic carbocycles. The number of methoxy groups -OCH3 is 2.